The van der Waals surface area contributed by atoms with Crippen LogP contribution in [0.25, 0.3) is 11.1 Å². The maximum Gasteiger partial charge on any atom is 0.408 e. The summed E-state index contributed by atoms with van der Waals surface area (Å²) in [5.74, 6) is -0.298. The Morgan fingerprint density at radius 3 is 2.44 bits per heavy atom. The van der Waals surface area contributed by atoms with Gasteiger partial charge in [0, 0.05) is 36.0 Å². The van der Waals surface area contributed by atoms with E-state index in [9.17, 15) is 9.59 Å². The van der Waals surface area contributed by atoms with Crippen LogP contribution in [-0.2, 0) is 4.74 Å². The predicted molar refractivity (Wildman–Crippen MR) is 125 cm³/mol. The van der Waals surface area contributed by atoms with Crippen molar-refractivity contribution >= 4 is 41.2 Å². The third-order valence-electron chi connectivity index (χ3n) is 5.20. The fourth-order valence-corrected chi connectivity index (χ4v) is 3.90. The van der Waals surface area contributed by atoms with E-state index in [2.05, 4.69) is 15.3 Å². The number of nitrogens with two attached hydrogens (primary N) is 1. The molecule has 1 fully saturated rings. The first kappa shape index (κ1) is 24.1. The highest BCUT2D eigenvalue weighted by Crippen LogP contribution is 2.35. The van der Waals surface area contributed by atoms with Crippen molar-refractivity contribution in [3.63, 3.8) is 0 Å². The van der Waals surface area contributed by atoms with E-state index in [1.54, 1.807) is 18.2 Å². The number of anilines is 1. The lowest BCUT2D eigenvalue weighted by Gasteiger charge is -2.40. The lowest BCUT2D eigenvalue weighted by Crippen LogP contribution is -2.54. The third-order valence-corrected chi connectivity index (χ3v) is 6.02. The average molecular weight is 480 g/mol. The molecule has 3 rings (SSSR count). The number of alkyl carbamates (subject to hydrolysis) is 1. The van der Waals surface area contributed by atoms with E-state index < -0.39 is 23.1 Å². The van der Waals surface area contributed by atoms with Gasteiger partial charge in [0.2, 0.25) is 5.95 Å². The summed E-state index contributed by atoms with van der Waals surface area (Å²) < 4.78 is 5.37. The monoisotopic (exact) mass is 479 g/mol. The molecule has 1 saturated heterocycles. The molecule has 0 unspecified atom stereocenters. The van der Waals surface area contributed by atoms with Crippen molar-refractivity contribution in [3.05, 3.63) is 40.1 Å². The maximum absolute atomic E-state index is 12.2. The highest BCUT2D eigenvalue weighted by molar-refractivity contribution is 6.43. The zero-order chi connectivity index (χ0) is 23.7. The number of primary amides is 1. The predicted octanol–water partition coefficient (Wildman–Crippen LogP) is 4.43. The minimum atomic E-state index is -0.687. The number of hydrogen-bond acceptors (Lipinski definition) is 6. The van der Waals surface area contributed by atoms with E-state index in [0.29, 0.717) is 53.1 Å². The third kappa shape index (κ3) is 5.61. The summed E-state index contributed by atoms with van der Waals surface area (Å²) in [6.45, 7) is 8.62. The number of amides is 2. The molecule has 0 saturated carbocycles. The van der Waals surface area contributed by atoms with Gasteiger partial charge in [-0.25, -0.2) is 14.8 Å². The van der Waals surface area contributed by atoms with Crippen LogP contribution in [0.3, 0.4) is 0 Å². The second-order valence-corrected chi connectivity index (χ2v) is 9.86. The zero-order valence-electron chi connectivity index (χ0n) is 18.5. The molecule has 8 nitrogen and oxygen atoms in total. The first-order valence-corrected chi connectivity index (χ1v) is 11.0. The lowest BCUT2D eigenvalue weighted by atomic mass is 9.90. The van der Waals surface area contributed by atoms with Gasteiger partial charge in [0.05, 0.1) is 10.0 Å². The Morgan fingerprint density at radius 1 is 1.19 bits per heavy atom. The van der Waals surface area contributed by atoms with Gasteiger partial charge in [-0.2, -0.15) is 0 Å². The number of hydrogen-bond donors (Lipinski definition) is 2. The van der Waals surface area contributed by atoms with Crippen molar-refractivity contribution in [3.8, 4) is 11.1 Å². The quantitative estimate of drug-likeness (QED) is 0.670. The number of carbonyl (C=O) groups excluding carboxylic acids is 2. The zero-order valence-corrected chi connectivity index (χ0v) is 20.0. The largest absolute Gasteiger partial charge is 0.444 e. The molecule has 0 aliphatic carbocycles. The normalized spacial score (nSPS) is 15.9. The Morgan fingerprint density at radius 2 is 1.84 bits per heavy atom. The Balaban J connectivity index is 1.77. The van der Waals surface area contributed by atoms with Crippen LogP contribution in [0.2, 0.25) is 10.0 Å². The van der Waals surface area contributed by atoms with E-state index in [1.165, 1.54) is 6.20 Å². The van der Waals surface area contributed by atoms with Crippen molar-refractivity contribution < 1.29 is 14.3 Å². The van der Waals surface area contributed by atoms with Gasteiger partial charge in [-0.1, -0.05) is 35.3 Å². The molecule has 2 heterocycles. The number of benzene rings is 1. The first-order valence-electron chi connectivity index (χ1n) is 10.3. The fraction of sp³-hybridized carbons (Fsp3) is 0.455. The molecule has 2 amide bonds. The second kappa shape index (κ2) is 9.11. The van der Waals surface area contributed by atoms with Gasteiger partial charge in [-0.15, -0.1) is 0 Å². The van der Waals surface area contributed by atoms with E-state index in [0.717, 1.165) is 0 Å². The van der Waals surface area contributed by atoms with Gasteiger partial charge in [0.15, 0.2) is 0 Å². The molecule has 0 radical (unpaired) electrons. The Labute approximate surface area is 197 Å². The van der Waals surface area contributed by atoms with Crippen molar-refractivity contribution in [2.24, 2.45) is 5.73 Å². The minimum absolute atomic E-state index is 0.0689. The smallest absolute Gasteiger partial charge is 0.408 e. The number of carbonyl (C=O) groups is 2. The number of aromatic nitrogens is 2. The van der Waals surface area contributed by atoms with Gasteiger partial charge in [0.25, 0.3) is 5.91 Å². The summed E-state index contributed by atoms with van der Waals surface area (Å²) in [5, 5.41) is 3.62. The standard InChI is InChI=1S/C22H27Cl2N5O3/c1-21(2,3)32-20(31)28-22(4)8-10-29(11-9-22)19-26-12-14(17(27-19)18(25)30)13-6-5-7-15(23)16(13)24/h5-7,12H,8-11H2,1-4H3,(H2,25,30)(H,28,31). The van der Waals surface area contributed by atoms with Crippen LogP contribution in [0.5, 0.6) is 0 Å². The van der Waals surface area contributed by atoms with Crippen LogP contribution < -0.4 is 16.0 Å². The summed E-state index contributed by atoms with van der Waals surface area (Å²) in [5.41, 5.74) is 5.64. The SMILES string of the molecule is CC1(NC(=O)OC(C)(C)C)CCN(c2ncc(-c3cccc(Cl)c3Cl)c(C(N)=O)n2)CC1. The highest BCUT2D eigenvalue weighted by Gasteiger charge is 2.34. The van der Waals surface area contributed by atoms with Crippen molar-refractivity contribution in [1.29, 1.82) is 0 Å². The Hall–Kier alpha value is -2.58. The van der Waals surface area contributed by atoms with E-state index in [4.69, 9.17) is 33.7 Å². The van der Waals surface area contributed by atoms with Crippen LogP contribution in [-0.4, -0.2) is 46.2 Å². The number of halogens is 2. The molecule has 0 spiro atoms. The van der Waals surface area contributed by atoms with Gasteiger partial charge in [-0.05, 0) is 46.6 Å². The summed E-state index contributed by atoms with van der Waals surface area (Å²) in [4.78, 5) is 35.1. The second-order valence-electron chi connectivity index (χ2n) is 9.07. The molecule has 1 aromatic carbocycles. The number of nitrogens with one attached hydrogen (secondary N) is 1. The number of ether oxygens (including phenoxy) is 1. The maximum atomic E-state index is 12.2. The molecule has 32 heavy (non-hydrogen) atoms. The molecule has 10 heteroatoms. The fourth-order valence-electron chi connectivity index (χ4n) is 3.50. The molecular formula is C22H27Cl2N5O3. The topological polar surface area (TPSA) is 110 Å². The lowest BCUT2D eigenvalue weighted by molar-refractivity contribution is 0.0448. The Bertz CT molecular complexity index is 1030. The number of piperidine rings is 1. The van der Waals surface area contributed by atoms with Crippen LogP contribution in [0, 0.1) is 0 Å². The van der Waals surface area contributed by atoms with Gasteiger partial charge >= 0.3 is 6.09 Å². The van der Waals surface area contributed by atoms with E-state index in [-0.39, 0.29) is 5.69 Å². The molecule has 3 N–H and O–H groups in total. The molecule has 0 atom stereocenters. The molecule has 0 bridgehead atoms. The van der Waals surface area contributed by atoms with Crippen molar-refractivity contribution in [2.75, 3.05) is 18.0 Å². The van der Waals surface area contributed by atoms with Crippen molar-refractivity contribution in [2.45, 2.75) is 51.7 Å². The van der Waals surface area contributed by atoms with Gasteiger partial charge < -0.3 is 20.7 Å². The molecule has 1 aliphatic rings. The van der Waals surface area contributed by atoms with E-state index >= 15 is 0 Å². The van der Waals surface area contributed by atoms with Crippen LogP contribution in [0.1, 0.15) is 51.0 Å². The van der Waals surface area contributed by atoms with Gasteiger partial charge in [0.1, 0.15) is 11.3 Å². The molecule has 1 aromatic heterocycles. The van der Waals surface area contributed by atoms with Gasteiger partial charge in [-0.3, -0.25) is 4.79 Å². The van der Waals surface area contributed by atoms with Crippen molar-refractivity contribution in [1.82, 2.24) is 15.3 Å². The Kier molecular flexibility index (Phi) is 6.86. The molecular weight excluding hydrogens is 453 g/mol. The number of nitrogens with zero attached hydrogens (tertiary/aromatic N) is 3. The van der Waals surface area contributed by atoms with Crippen LogP contribution in [0.15, 0.2) is 24.4 Å². The molecule has 2 aromatic rings. The summed E-state index contributed by atoms with van der Waals surface area (Å²) in [7, 11) is 0. The molecule has 1 aliphatic heterocycles. The van der Waals surface area contributed by atoms with Crippen LogP contribution >= 0.6 is 23.2 Å². The molecule has 172 valence electrons. The van der Waals surface area contributed by atoms with Crippen LogP contribution in [0.4, 0.5) is 10.7 Å². The summed E-state index contributed by atoms with van der Waals surface area (Å²) in [6.07, 6.45) is 2.41. The minimum Gasteiger partial charge on any atom is -0.444 e. The summed E-state index contributed by atoms with van der Waals surface area (Å²) in [6, 6.07) is 5.11. The van der Waals surface area contributed by atoms with E-state index in [1.807, 2.05) is 32.6 Å². The number of rotatable bonds is 4. The highest BCUT2D eigenvalue weighted by atomic mass is 35.5. The first-order chi connectivity index (χ1) is 14.9. The average Bonchev–Trinajstić information content (AvgIpc) is 2.68. The summed E-state index contributed by atoms with van der Waals surface area (Å²) >= 11 is 12.4.